The fraction of sp³-hybridized carbons (Fsp3) is 0.0769. The summed E-state index contributed by atoms with van der Waals surface area (Å²) in [6.07, 6.45) is 1.76. The zero-order valence-corrected chi connectivity index (χ0v) is 11.5. The van der Waals surface area contributed by atoms with E-state index in [1.165, 1.54) is 11.8 Å². The third-order valence-corrected chi connectivity index (χ3v) is 3.90. The first kappa shape index (κ1) is 12.2. The van der Waals surface area contributed by atoms with E-state index in [0.29, 0.717) is 5.56 Å². The molecule has 1 heterocycles. The molecule has 84 valence electrons. The van der Waals surface area contributed by atoms with E-state index in [1.54, 1.807) is 6.20 Å². The van der Waals surface area contributed by atoms with E-state index in [-0.39, 0.29) is 0 Å². The number of pyridine rings is 1. The number of aromatic nitrogens is 1. The van der Waals surface area contributed by atoms with Crippen LogP contribution in [0, 0.1) is 18.3 Å². The molecular formula is C13H9BrN2S. The second-order valence-electron chi connectivity index (χ2n) is 3.48. The summed E-state index contributed by atoms with van der Waals surface area (Å²) in [5, 5.41) is 9.96. The highest BCUT2D eigenvalue weighted by Gasteiger charge is 2.07. The van der Waals surface area contributed by atoms with Gasteiger partial charge in [0.1, 0.15) is 11.1 Å². The summed E-state index contributed by atoms with van der Waals surface area (Å²) < 4.78 is 0.951. The number of aryl methyl sites for hydroxylation is 1. The number of benzene rings is 1. The molecule has 1 aromatic heterocycles. The van der Waals surface area contributed by atoms with Gasteiger partial charge in [0.05, 0.1) is 5.56 Å². The highest BCUT2D eigenvalue weighted by atomic mass is 79.9. The molecule has 0 radical (unpaired) electrons. The topological polar surface area (TPSA) is 36.7 Å². The maximum atomic E-state index is 9.07. The molecule has 0 aliphatic rings. The lowest BCUT2D eigenvalue weighted by Gasteiger charge is -2.06. The summed E-state index contributed by atoms with van der Waals surface area (Å²) in [6, 6.07) is 11.8. The first-order chi connectivity index (χ1) is 8.20. The Morgan fingerprint density at radius 2 is 2.12 bits per heavy atom. The van der Waals surface area contributed by atoms with Crippen LogP contribution in [0.2, 0.25) is 0 Å². The van der Waals surface area contributed by atoms with E-state index in [1.807, 2.05) is 37.3 Å². The normalized spacial score (nSPS) is 9.94. The lowest BCUT2D eigenvalue weighted by Crippen LogP contribution is -1.87. The molecule has 0 fully saturated rings. The van der Waals surface area contributed by atoms with Crippen LogP contribution in [0.15, 0.2) is 50.9 Å². The number of nitrogens with zero attached hydrogens (tertiary/aromatic N) is 2. The minimum absolute atomic E-state index is 0.694. The Morgan fingerprint density at radius 1 is 1.29 bits per heavy atom. The minimum Gasteiger partial charge on any atom is -0.248 e. The van der Waals surface area contributed by atoms with Gasteiger partial charge in [0.15, 0.2) is 0 Å². The van der Waals surface area contributed by atoms with Gasteiger partial charge in [-0.1, -0.05) is 23.9 Å². The third-order valence-electron chi connectivity index (χ3n) is 2.24. The molecule has 2 aromatic rings. The van der Waals surface area contributed by atoms with E-state index >= 15 is 0 Å². The van der Waals surface area contributed by atoms with Crippen LogP contribution in [0.1, 0.15) is 11.1 Å². The van der Waals surface area contributed by atoms with Gasteiger partial charge in [-0.15, -0.1) is 0 Å². The van der Waals surface area contributed by atoms with Gasteiger partial charge in [0.25, 0.3) is 0 Å². The van der Waals surface area contributed by atoms with Crippen molar-refractivity contribution < 1.29 is 0 Å². The summed E-state index contributed by atoms with van der Waals surface area (Å²) >= 11 is 4.87. The van der Waals surface area contributed by atoms with Crippen LogP contribution in [-0.2, 0) is 0 Å². The number of hydrogen-bond donors (Lipinski definition) is 0. The highest BCUT2D eigenvalue weighted by Crippen LogP contribution is 2.31. The predicted octanol–water partition coefficient (Wildman–Crippen LogP) is 4.18. The van der Waals surface area contributed by atoms with Gasteiger partial charge in [0.2, 0.25) is 0 Å². The zero-order chi connectivity index (χ0) is 12.3. The molecule has 0 N–H and O–H groups in total. The summed E-state index contributed by atoms with van der Waals surface area (Å²) in [6.45, 7) is 2.00. The van der Waals surface area contributed by atoms with Crippen LogP contribution >= 0.6 is 27.7 Å². The van der Waals surface area contributed by atoms with E-state index in [2.05, 4.69) is 27.0 Å². The molecule has 0 amide bonds. The molecule has 1 aromatic carbocycles. The quantitative estimate of drug-likeness (QED) is 0.835. The van der Waals surface area contributed by atoms with Crippen LogP contribution in [0.3, 0.4) is 0 Å². The molecular weight excluding hydrogens is 296 g/mol. The fourth-order valence-electron chi connectivity index (χ4n) is 1.40. The van der Waals surface area contributed by atoms with Gasteiger partial charge >= 0.3 is 0 Å². The summed E-state index contributed by atoms with van der Waals surface area (Å²) in [7, 11) is 0. The number of nitriles is 1. The predicted molar refractivity (Wildman–Crippen MR) is 72.0 cm³/mol. The molecule has 17 heavy (non-hydrogen) atoms. The molecule has 0 aliphatic carbocycles. The van der Waals surface area contributed by atoms with Crippen LogP contribution < -0.4 is 0 Å². The van der Waals surface area contributed by atoms with Crippen LogP contribution in [0.5, 0.6) is 0 Å². The Labute approximate surface area is 113 Å². The second-order valence-corrected chi connectivity index (χ2v) is 5.43. The molecule has 0 saturated carbocycles. The van der Waals surface area contributed by atoms with Crippen LogP contribution in [0.25, 0.3) is 0 Å². The monoisotopic (exact) mass is 304 g/mol. The number of rotatable bonds is 2. The average molecular weight is 305 g/mol. The van der Waals surface area contributed by atoms with Gasteiger partial charge in [-0.25, -0.2) is 4.98 Å². The number of hydrogen-bond acceptors (Lipinski definition) is 3. The largest absolute Gasteiger partial charge is 0.248 e. The molecule has 2 rings (SSSR count). The smallest absolute Gasteiger partial charge is 0.101 e. The average Bonchev–Trinajstić information content (AvgIpc) is 2.34. The standard InChI is InChI=1S/C13H9BrN2S/c1-9-3-2-4-10(7-15)13(9)17-12-6-5-11(14)8-16-12/h2-6,8H,1H3. The molecule has 4 heteroatoms. The van der Waals surface area contributed by atoms with Crippen molar-refractivity contribution in [1.29, 1.82) is 5.26 Å². The van der Waals surface area contributed by atoms with Crippen LogP contribution in [-0.4, -0.2) is 4.98 Å². The Bertz CT molecular complexity index is 573. The first-order valence-electron chi connectivity index (χ1n) is 5.00. The van der Waals surface area contributed by atoms with Crippen molar-refractivity contribution in [2.75, 3.05) is 0 Å². The number of halogens is 1. The summed E-state index contributed by atoms with van der Waals surface area (Å²) in [4.78, 5) is 5.27. The molecule has 0 atom stereocenters. The Balaban J connectivity index is 2.36. The van der Waals surface area contributed by atoms with Gasteiger partial charge in [-0.2, -0.15) is 5.26 Å². The fourth-order valence-corrected chi connectivity index (χ4v) is 2.54. The van der Waals surface area contributed by atoms with Crippen molar-refractivity contribution >= 4 is 27.7 Å². The van der Waals surface area contributed by atoms with Crippen LogP contribution in [0.4, 0.5) is 0 Å². The molecule has 2 nitrogen and oxygen atoms in total. The van der Waals surface area contributed by atoms with E-state index in [0.717, 1.165) is 20.0 Å². The van der Waals surface area contributed by atoms with E-state index in [9.17, 15) is 0 Å². The Kier molecular flexibility index (Phi) is 3.82. The maximum Gasteiger partial charge on any atom is 0.101 e. The second kappa shape index (κ2) is 5.35. The maximum absolute atomic E-state index is 9.07. The Morgan fingerprint density at radius 3 is 2.76 bits per heavy atom. The molecule has 0 unspecified atom stereocenters. The lowest BCUT2D eigenvalue weighted by molar-refractivity contribution is 1.12. The molecule has 0 spiro atoms. The SMILES string of the molecule is Cc1cccc(C#N)c1Sc1ccc(Br)cn1. The van der Waals surface area contributed by atoms with Crippen molar-refractivity contribution in [3.8, 4) is 6.07 Å². The van der Waals surface area contributed by atoms with Gasteiger partial charge in [0, 0.05) is 15.6 Å². The summed E-state index contributed by atoms with van der Waals surface area (Å²) in [5.74, 6) is 0. The third kappa shape index (κ3) is 2.87. The summed E-state index contributed by atoms with van der Waals surface area (Å²) in [5.41, 5.74) is 1.79. The van der Waals surface area contributed by atoms with Crippen molar-refractivity contribution in [3.63, 3.8) is 0 Å². The van der Waals surface area contributed by atoms with Gasteiger partial charge in [-0.05, 0) is 46.6 Å². The van der Waals surface area contributed by atoms with Crippen molar-refractivity contribution in [3.05, 3.63) is 52.1 Å². The lowest BCUT2D eigenvalue weighted by atomic mass is 10.1. The van der Waals surface area contributed by atoms with E-state index in [4.69, 9.17) is 5.26 Å². The van der Waals surface area contributed by atoms with Crippen molar-refractivity contribution in [1.82, 2.24) is 4.98 Å². The van der Waals surface area contributed by atoms with E-state index < -0.39 is 0 Å². The molecule has 0 saturated heterocycles. The van der Waals surface area contributed by atoms with Gasteiger partial charge in [-0.3, -0.25) is 0 Å². The zero-order valence-electron chi connectivity index (χ0n) is 9.14. The highest BCUT2D eigenvalue weighted by molar-refractivity contribution is 9.10. The van der Waals surface area contributed by atoms with Gasteiger partial charge < -0.3 is 0 Å². The minimum atomic E-state index is 0.694. The Hall–Kier alpha value is -1.31. The molecule has 0 bridgehead atoms. The van der Waals surface area contributed by atoms with Crippen molar-refractivity contribution in [2.24, 2.45) is 0 Å². The van der Waals surface area contributed by atoms with Crippen molar-refractivity contribution in [2.45, 2.75) is 16.8 Å². The first-order valence-corrected chi connectivity index (χ1v) is 6.61. The molecule has 0 aliphatic heterocycles.